The Morgan fingerprint density at radius 3 is 2.32 bits per heavy atom. The molecule has 5 N–H and O–H groups in total. The van der Waals surface area contributed by atoms with Gasteiger partial charge in [-0.05, 0) is 48.8 Å². The van der Waals surface area contributed by atoms with Crippen LogP contribution in [0.2, 0.25) is 0 Å². The molecule has 0 saturated carbocycles. The zero-order chi connectivity index (χ0) is 27.4. The number of hydrogen-bond donors (Lipinski definition) is 4. The number of hydrogen-bond acceptors (Lipinski definition) is 9. The predicted octanol–water partition coefficient (Wildman–Crippen LogP) is 2.92. The molecule has 208 valence electrons. The third-order valence-corrected chi connectivity index (χ3v) is 6.72. The van der Waals surface area contributed by atoms with Crippen molar-refractivity contribution in [1.29, 1.82) is 0 Å². The Labute approximate surface area is 220 Å². The first kappa shape index (κ1) is 30.6. The van der Waals surface area contributed by atoms with E-state index in [2.05, 4.69) is 31.4 Å². The first-order chi connectivity index (χ1) is 17.7. The number of ether oxygens (including phenoxy) is 3. The molecule has 0 bridgehead atoms. The maximum Gasteiger partial charge on any atom is 0.253 e. The molecule has 0 amide bonds. The van der Waals surface area contributed by atoms with Crippen molar-refractivity contribution in [3.8, 4) is 11.5 Å². The van der Waals surface area contributed by atoms with E-state index in [0.717, 1.165) is 31.2 Å². The fourth-order valence-corrected chi connectivity index (χ4v) is 4.22. The lowest BCUT2D eigenvalue weighted by Gasteiger charge is -2.28. The van der Waals surface area contributed by atoms with Gasteiger partial charge in [0.15, 0.2) is 11.5 Å². The standard InChI is InChI=1S/C28H45N3O6/c1-6-7-11-30-25-26(28(34)27(25)33)31-17-22(32)21(29)16-20(18(2)3)14-19-9-10-23(36-5)24(15-19)37-13-8-12-35-4/h9-10,15,18,20-22,30-32H,6-8,11-14,16-17,29H2,1-5H3/t20-,21-,22-/m0/s1. The molecule has 37 heavy (non-hydrogen) atoms. The summed E-state index contributed by atoms with van der Waals surface area (Å²) in [5, 5.41) is 16.7. The van der Waals surface area contributed by atoms with Gasteiger partial charge in [0.05, 0.1) is 19.8 Å². The van der Waals surface area contributed by atoms with Gasteiger partial charge in [-0.15, -0.1) is 0 Å². The molecule has 0 unspecified atom stereocenters. The Bertz CT molecular complexity index is 1020. The van der Waals surface area contributed by atoms with Gasteiger partial charge in [0.1, 0.15) is 11.4 Å². The van der Waals surface area contributed by atoms with Crippen molar-refractivity contribution in [3.05, 3.63) is 44.2 Å². The number of anilines is 2. The highest BCUT2D eigenvalue weighted by Crippen LogP contribution is 2.31. The number of unbranched alkanes of at least 4 members (excludes halogenated alkanes) is 1. The Hall–Kier alpha value is -2.62. The lowest BCUT2D eigenvalue weighted by atomic mass is 9.83. The van der Waals surface area contributed by atoms with E-state index < -0.39 is 23.0 Å². The van der Waals surface area contributed by atoms with Crippen molar-refractivity contribution in [3.63, 3.8) is 0 Å². The normalized spacial score (nSPS) is 13.9. The maximum atomic E-state index is 12.0. The number of benzene rings is 1. The van der Waals surface area contributed by atoms with Gasteiger partial charge in [-0.1, -0.05) is 33.3 Å². The van der Waals surface area contributed by atoms with E-state index in [0.29, 0.717) is 49.3 Å². The molecule has 0 aromatic heterocycles. The highest BCUT2D eigenvalue weighted by atomic mass is 16.5. The van der Waals surface area contributed by atoms with Crippen LogP contribution in [0.1, 0.15) is 52.0 Å². The Balaban J connectivity index is 1.97. The van der Waals surface area contributed by atoms with Crippen LogP contribution in [0.25, 0.3) is 0 Å². The second-order valence-electron chi connectivity index (χ2n) is 9.92. The molecule has 0 radical (unpaired) electrons. The lowest BCUT2D eigenvalue weighted by molar-refractivity contribution is 0.137. The Kier molecular flexibility index (Phi) is 12.9. The number of methoxy groups -OCH3 is 2. The molecule has 2 rings (SSSR count). The molecule has 0 aliphatic heterocycles. The average molecular weight is 520 g/mol. The summed E-state index contributed by atoms with van der Waals surface area (Å²) < 4.78 is 16.4. The Morgan fingerprint density at radius 2 is 1.70 bits per heavy atom. The van der Waals surface area contributed by atoms with Crippen LogP contribution in [0.4, 0.5) is 11.4 Å². The number of rotatable bonds is 19. The van der Waals surface area contributed by atoms with Gasteiger partial charge in [-0.3, -0.25) is 9.59 Å². The SMILES string of the molecule is CCCCNc1c(NC[C@H](O)[C@@H](N)C[C@H](Cc2ccc(OC)c(OCCCOC)c2)C(C)C)c(=O)c1=O. The van der Waals surface area contributed by atoms with Gasteiger partial charge >= 0.3 is 0 Å². The zero-order valence-electron chi connectivity index (χ0n) is 23.0. The fourth-order valence-electron chi connectivity index (χ4n) is 4.22. The monoisotopic (exact) mass is 519 g/mol. The molecule has 0 aliphatic rings. The van der Waals surface area contributed by atoms with Gasteiger partial charge in [0.25, 0.3) is 10.9 Å². The van der Waals surface area contributed by atoms with E-state index in [1.807, 2.05) is 18.2 Å². The molecular weight excluding hydrogens is 474 g/mol. The number of aliphatic hydroxyl groups excluding tert-OH is 1. The van der Waals surface area contributed by atoms with E-state index in [1.165, 1.54) is 0 Å². The van der Waals surface area contributed by atoms with E-state index in [1.54, 1.807) is 14.2 Å². The minimum absolute atomic E-state index is 0.0985. The van der Waals surface area contributed by atoms with Gasteiger partial charge < -0.3 is 35.7 Å². The summed E-state index contributed by atoms with van der Waals surface area (Å²) in [7, 11) is 3.29. The summed E-state index contributed by atoms with van der Waals surface area (Å²) in [5.41, 5.74) is 6.97. The second kappa shape index (κ2) is 15.6. The van der Waals surface area contributed by atoms with Crippen molar-refractivity contribution in [1.82, 2.24) is 0 Å². The van der Waals surface area contributed by atoms with Gasteiger partial charge in [0, 0.05) is 39.3 Å². The quantitative estimate of drug-likeness (QED) is 0.163. The lowest BCUT2D eigenvalue weighted by Crippen LogP contribution is -2.44. The Morgan fingerprint density at radius 1 is 1.00 bits per heavy atom. The predicted molar refractivity (Wildman–Crippen MR) is 149 cm³/mol. The van der Waals surface area contributed by atoms with E-state index in [-0.39, 0.29) is 18.2 Å². The molecule has 3 atom stereocenters. The molecule has 0 spiro atoms. The minimum atomic E-state index is -0.871. The van der Waals surface area contributed by atoms with Crippen LogP contribution in [0.5, 0.6) is 11.5 Å². The van der Waals surface area contributed by atoms with Crippen molar-refractivity contribution in [2.45, 2.75) is 65.0 Å². The van der Waals surface area contributed by atoms with Crippen LogP contribution < -0.4 is 36.7 Å². The molecular formula is C28H45N3O6. The average Bonchev–Trinajstić information content (AvgIpc) is 2.89. The highest BCUT2D eigenvalue weighted by molar-refractivity contribution is 5.73. The van der Waals surface area contributed by atoms with Crippen LogP contribution in [0, 0.1) is 11.8 Å². The summed E-state index contributed by atoms with van der Waals surface area (Å²) in [6, 6.07) is 5.45. The van der Waals surface area contributed by atoms with Crippen molar-refractivity contribution >= 4 is 11.4 Å². The van der Waals surface area contributed by atoms with Crippen LogP contribution in [0.3, 0.4) is 0 Å². The van der Waals surface area contributed by atoms with Crippen molar-refractivity contribution < 1.29 is 19.3 Å². The summed E-state index contributed by atoms with van der Waals surface area (Å²) >= 11 is 0. The van der Waals surface area contributed by atoms with Crippen molar-refractivity contribution in [2.24, 2.45) is 17.6 Å². The first-order valence-corrected chi connectivity index (χ1v) is 13.3. The van der Waals surface area contributed by atoms with Crippen molar-refractivity contribution in [2.75, 3.05) is 51.2 Å². The topological polar surface area (TPSA) is 132 Å². The van der Waals surface area contributed by atoms with Gasteiger partial charge in [-0.25, -0.2) is 0 Å². The number of nitrogens with two attached hydrogens (primary N) is 1. The molecule has 9 nitrogen and oxygen atoms in total. The minimum Gasteiger partial charge on any atom is -0.493 e. The maximum absolute atomic E-state index is 12.0. The third kappa shape index (κ3) is 9.02. The summed E-state index contributed by atoms with van der Waals surface area (Å²) in [6.45, 7) is 8.23. The molecule has 2 aromatic carbocycles. The van der Waals surface area contributed by atoms with E-state index >= 15 is 0 Å². The molecule has 2 aromatic rings. The zero-order valence-corrected chi connectivity index (χ0v) is 23.0. The van der Waals surface area contributed by atoms with E-state index in [4.69, 9.17) is 19.9 Å². The number of aliphatic hydroxyl groups is 1. The molecule has 0 fully saturated rings. The first-order valence-electron chi connectivity index (χ1n) is 13.3. The fraction of sp³-hybridized carbons (Fsp3) is 0.643. The largest absolute Gasteiger partial charge is 0.493 e. The smallest absolute Gasteiger partial charge is 0.253 e. The number of nitrogens with one attached hydrogen (secondary N) is 2. The molecule has 0 aliphatic carbocycles. The second-order valence-corrected chi connectivity index (χ2v) is 9.92. The third-order valence-electron chi connectivity index (χ3n) is 6.72. The van der Waals surface area contributed by atoms with Gasteiger partial charge in [0.2, 0.25) is 0 Å². The molecule has 0 heterocycles. The van der Waals surface area contributed by atoms with Crippen LogP contribution >= 0.6 is 0 Å². The summed E-state index contributed by atoms with van der Waals surface area (Å²) in [5.74, 6) is 1.94. The molecule has 0 saturated heterocycles. The molecule has 9 heteroatoms. The summed E-state index contributed by atoms with van der Waals surface area (Å²) in [4.78, 5) is 23.9. The van der Waals surface area contributed by atoms with Crippen LogP contribution in [0.15, 0.2) is 27.8 Å². The van der Waals surface area contributed by atoms with Crippen LogP contribution in [-0.2, 0) is 11.2 Å². The van der Waals surface area contributed by atoms with Gasteiger partial charge in [-0.2, -0.15) is 0 Å². The van der Waals surface area contributed by atoms with E-state index in [9.17, 15) is 14.7 Å². The van der Waals surface area contributed by atoms with Crippen LogP contribution in [-0.4, -0.2) is 57.8 Å². The summed E-state index contributed by atoms with van der Waals surface area (Å²) in [6.07, 6.45) is 3.17. The highest BCUT2D eigenvalue weighted by Gasteiger charge is 2.25.